The zero-order chi connectivity index (χ0) is 23.2. The smallest absolute Gasteiger partial charge is 0.231 e. The molecular weight excluding hydrogens is 412 g/mol. The van der Waals surface area contributed by atoms with Gasteiger partial charge in [-0.15, -0.1) is 0 Å². The van der Waals surface area contributed by atoms with Crippen LogP contribution in [0.1, 0.15) is 36.0 Å². The van der Waals surface area contributed by atoms with Gasteiger partial charge in [-0.25, -0.2) is 0 Å². The highest BCUT2D eigenvalue weighted by molar-refractivity contribution is 5.48. The molecule has 1 atom stereocenters. The zero-order valence-electron chi connectivity index (χ0n) is 20.1. The van der Waals surface area contributed by atoms with Crippen LogP contribution in [0.3, 0.4) is 0 Å². The highest BCUT2D eigenvalue weighted by Gasteiger charge is 2.20. The molecule has 0 aromatic heterocycles. The van der Waals surface area contributed by atoms with E-state index in [0.29, 0.717) is 6.79 Å². The van der Waals surface area contributed by atoms with Crippen molar-refractivity contribution in [2.45, 2.75) is 25.8 Å². The molecule has 1 heterocycles. The van der Waals surface area contributed by atoms with Gasteiger partial charge in [0.05, 0.1) is 7.11 Å². The van der Waals surface area contributed by atoms with Crippen LogP contribution in [-0.4, -0.2) is 46.0 Å². The van der Waals surface area contributed by atoms with E-state index >= 15 is 0 Å². The monoisotopic (exact) mass is 446 g/mol. The minimum atomic E-state index is 0.260. The Morgan fingerprint density at radius 1 is 0.879 bits per heavy atom. The third kappa shape index (κ3) is 5.60. The number of fused-ring (bicyclic) bond motifs is 1. The molecule has 1 aliphatic rings. The van der Waals surface area contributed by atoms with Gasteiger partial charge in [-0.3, -0.25) is 4.90 Å². The standard InChI is InChI=1S/C28H34N2O3/c1-5-30(19-21-6-11-24(12-7-21)29(2)3)17-16-26(22-8-13-25(31-4)14-9-22)23-10-15-27-28(18-23)33-20-32-27/h6-15,18,26H,5,16-17,19-20H2,1-4H3. The lowest BCUT2D eigenvalue weighted by Crippen LogP contribution is -2.25. The molecule has 174 valence electrons. The van der Waals surface area contributed by atoms with Crippen molar-refractivity contribution in [3.63, 3.8) is 0 Å². The second-order valence-electron chi connectivity index (χ2n) is 8.66. The van der Waals surface area contributed by atoms with Gasteiger partial charge in [0.2, 0.25) is 6.79 Å². The molecule has 0 amide bonds. The summed E-state index contributed by atoms with van der Waals surface area (Å²) in [5.41, 5.74) is 5.09. The summed E-state index contributed by atoms with van der Waals surface area (Å²) in [6, 6.07) is 23.6. The summed E-state index contributed by atoms with van der Waals surface area (Å²) in [6.45, 7) is 5.48. The predicted octanol–water partition coefficient (Wildman–Crippen LogP) is 5.53. The van der Waals surface area contributed by atoms with E-state index in [2.05, 4.69) is 79.3 Å². The summed E-state index contributed by atoms with van der Waals surface area (Å²) in [5.74, 6) is 2.79. The summed E-state index contributed by atoms with van der Waals surface area (Å²) in [4.78, 5) is 4.64. The van der Waals surface area contributed by atoms with E-state index < -0.39 is 0 Å². The molecule has 0 fully saturated rings. The van der Waals surface area contributed by atoms with Crippen LogP contribution in [-0.2, 0) is 6.54 Å². The van der Waals surface area contributed by atoms with Crippen molar-refractivity contribution in [1.82, 2.24) is 4.90 Å². The molecule has 0 saturated heterocycles. The summed E-state index contributed by atoms with van der Waals surface area (Å²) in [6.07, 6.45) is 1.01. The maximum Gasteiger partial charge on any atom is 0.231 e. The predicted molar refractivity (Wildman–Crippen MR) is 134 cm³/mol. The summed E-state index contributed by atoms with van der Waals surface area (Å²) >= 11 is 0. The fourth-order valence-electron chi connectivity index (χ4n) is 4.31. The van der Waals surface area contributed by atoms with Gasteiger partial charge in [-0.2, -0.15) is 0 Å². The minimum Gasteiger partial charge on any atom is -0.497 e. The molecule has 0 aliphatic carbocycles. The Kier molecular flexibility index (Phi) is 7.40. The van der Waals surface area contributed by atoms with Gasteiger partial charge in [-0.1, -0.05) is 37.3 Å². The third-order valence-corrected chi connectivity index (χ3v) is 6.36. The van der Waals surface area contributed by atoms with E-state index in [-0.39, 0.29) is 5.92 Å². The number of rotatable bonds is 10. The Morgan fingerprint density at radius 3 is 2.24 bits per heavy atom. The SMILES string of the molecule is CCN(CCC(c1ccc(OC)cc1)c1ccc2c(c1)OCO2)Cc1ccc(N(C)C)cc1. The molecule has 1 unspecified atom stereocenters. The first-order valence-corrected chi connectivity index (χ1v) is 11.6. The molecular formula is C28H34N2O3. The van der Waals surface area contributed by atoms with E-state index in [4.69, 9.17) is 14.2 Å². The average Bonchev–Trinajstić information content (AvgIpc) is 3.32. The molecule has 5 nitrogen and oxygen atoms in total. The Labute approximate surface area is 197 Å². The second kappa shape index (κ2) is 10.6. The molecule has 0 N–H and O–H groups in total. The molecule has 33 heavy (non-hydrogen) atoms. The van der Waals surface area contributed by atoms with Crippen molar-refractivity contribution in [1.29, 1.82) is 0 Å². The van der Waals surface area contributed by atoms with E-state index in [1.807, 2.05) is 18.2 Å². The van der Waals surface area contributed by atoms with Crippen LogP contribution in [0, 0.1) is 0 Å². The molecule has 3 aromatic carbocycles. The zero-order valence-corrected chi connectivity index (χ0v) is 20.1. The molecule has 3 aromatic rings. The minimum absolute atomic E-state index is 0.260. The van der Waals surface area contributed by atoms with Gasteiger partial charge < -0.3 is 19.1 Å². The normalized spacial score (nSPS) is 13.2. The fraction of sp³-hybridized carbons (Fsp3) is 0.357. The lowest BCUT2D eigenvalue weighted by Gasteiger charge is -2.25. The van der Waals surface area contributed by atoms with Crippen LogP contribution in [0.15, 0.2) is 66.7 Å². The number of anilines is 1. The van der Waals surface area contributed by atoms with Crippen molar-refractivity contribution >= 4 is 5.69 Å². The molecule has 0 saturated carbocycles. The highest BCUT2D eigenvalue weighted by atomic mass is 16.7. The first-order chi connectivity index (χ1) is 16.1. The Morgan fingerprint density at radius 2 is 1.58 bits per heavy atom. The van der Waals surface area contributed by atoms with Crippen LogP contribution in [0.2, 0.25) is 0 Å². The Balaban J connectivity index is 1.51. The lowest BCUT2D eigenvalue weighted by atomic mass is 9.88. The molecule has 1 aliphatic heterocycles. The summed E-state index contributed by atoms with van der Waals surface area (Å²) in [5, 5.41) is 0. The molecule has 0 bridgehead atoms. The average molecular weight is 447 g/mol. The lowest BCUT2D eigenvalue weighted by molar-refractivity contribution is 0.174. The van der Waals surface area contributed by atoms with Gasteiger partial charge in [0.15, 0.2) is 11.5 Å². The number of hydrogen-bond donors (Lipinski definition) is 0. The number of methoxy groups -OCH3 is 1. The van der Waals surface area contributed by atoms with Gasteiger partial charge in [0.1, 0.15) is 5.75 Å². The quantitative estimate of drug-likeness (QED) is 0.409. The van der Waals surface area contributed by atoms with Crippen LogP contribution in [0.25, 0.3) is 0 Å². The summed E-state index contributed by atoms with van der Waals surface area (Å²) < 4.78 is 16.6. The second-order valence-corrected chi connectivity index (χ2v) is 8.66. The maximum absolute atomic E-state index is 5.66. The number of ether oxygens (including phenoxy) is 3. The maximum atomic E-state index is 5.66. The van der Waals surface area contributed by atoms with Gasteiger partial charge in [-0.05, 0) is 72.6 Å². The first-order valence-electron chi connectivity index (χ1n) is 11.6. The van der Waals surface area contributed by atoms with Crippen molar-refractivity contribution in [3.05, 3.63) is 83.4 Å². The largest absolute Gasteiger partial charge is 0.497 e. The van der Waals surface area contributed by atoms with E-state index in [0.717, 1.165) is 43.3 Å². The number of nitrogens with zero attached hydrogens (tertiary/aromatic N) is 2. The Hall–Kier alpha value is -3.18. The van der Waals surface area contributed by atoms with Crippen molar-refractivity contribution in [2.24, 2.45) is 0 Å². The summed E-state index contributed by atoms with van der Waals surface area (Å²) in [7, 11) is 5.85. The third-order valence-electron chi connectivity index (χ3n) is 6.36. The topological polar surface area (TPSA) is 34.2 Å². The van der Waals surface area contributed by atoms with Crippen molar-refractivity contribution < 1.29 is 14.2 Å². The number of hydrogen-bond acceptors (Lipinski definition) is 5. The van der Waals surface area contributed by atoms with Gasteiger partial charge in [0.25, 0.3) is 0 Å². The molecule has 5 heteroatoms. The van der Waals surface area contributed by atoms with Gasteiger partial charge >= 0.3 is 0 Å². The van der Waals surface area contributed by atoms with E-state index in [1.165, 1.54) is 22.4 Å². The first kappa shape index (κ1) is 23.0. The van der Waals surface area contributed by atoms with Gasteiger partial charge in [0, 0.05) is 32.2 Å². The molecule has 0 spiro atoms. The van der Waals surface area contributed by atoms with Crippen molar-refractivity contribution in [3.8, 4) is 17.2 Å². The number of benzene rings is 3. The van der Waals surface area contributed by atoms with Crippen LogP contribution >= 0.6 is 0 Å². The highest BCUT2D eigenvalue weighted by Crippen LogP contribution is 2.38. The Bertz CT molecular complexity index is 1030. The van der Waals surface area contributed by atoms with E-state index in [1.54, 1.807) is 7.11 Å². The fourth-order valence-corrected chi connectivity index (χ4v) is 4.31. The van der Waals surface area contributed by atoms with Crippen molar-refractivity contribution in [2.75, 3.05) is 46.0 Å². The van der Waals surface area contributed by atoms with Crippen LogP contribution < -0.4 is 19.1 Å². The van der Waals surface area contributed by atoms with Crippen LogP contribution in [0.4, 0.5) is 5.69 Å². The van der Waals surface area contributed by atoms with E-state index in [9.17, 15) is 0 Å². The molecule has 4 rings (SSSR count). The van der Waals surface area contributed by atoms with Crippen LogP contribution in [0.5, 0.6) is 17.2 Å². The molecule has 0 radical (unpaired) electrons.